The second kappa shape index (κ2) is 9.76. The first kappa shape index (κ1) is 26.3. The number of fused-ring (bicyclic) bond motifs is 1. The fraction of sp³-hybridized carbons (Fsp3) is 0.464. The summed E-state index contributed by atoms with van der Waals surface area (Å²) < 4.78 is 25.9. The number of hydrogen-bond acceptors (Lipinski definition) is 7. The van der Waals surface area contributed by atoms with Crippen molar-refractivity contribution in [3.8, 4) is 0 Å². The molecular weight excluding hydrogens is 507 g/mol. The van der Waals surface area contributed by atoms with Crippen molar-refractivity contribution in [1.82, 2.24) is 9.49 Å². The topological polar surface area (TPSA) is 71.4 Å². The molecule has 3 aliphatic rings. The van der Waals surface area contributed by atoms with E-state index < -0.39 is 22.1 Å². The summed E-state index contributed by atoms with van der Waals surface area (Å²) in [4.78, 5) is 29.5. The van der Waals surface area contributed by atoms with Crippen molar-refractivity contribution in [2.75, 3.05) is 24.5 Å². The third-order valence-corrected chi connectivity index (χ3v) is 7.45. The normalized spacial score (nSPS) is 27.8. The molecule has 3 fully saturated rings. The first-order valence-electron chi connectivity index (χ1n) is 12.8. The molecule has 2 heterocycles. The van der Waals surface area contributed by atoms with Crippen LogP contribution >= 0.6 is 12.2 Å². The minimum atomic E-state index is -0.604. The predicted molar refractivity (Wildman–Crippen MR) is 145 cm³/mol. The number of carbonyl (C=O) groups is 2. The van der Waals surface area contributed by atoms with Crippen LogP contribution in [-0.2, 0) is 16.0 Å². The maximum Gasteiger partial charge on any atom is 0.550 e. The van der Waals surface area contributed by atoms with Gasteiger partial charge in [0.15, 0.2) is 24.2 Å². The number of amides is 2. The van der Waals surface area contributed by atoms with Gasteiger partial charge >= 0.3 is 12.2 Å². The predicted octanol–water partition coefficient (Wildman–Crippen LogP) is 5.56. The van der Waals surface area contributed by atoms with Gasteiger partial charge in [-0.05, 0) is 56.6 Å². The van der Waals surface area contributed by atoms with E-state index in [1.807, 2.05) is 60.9 Å². The summed E-state index contributed by atoms with van der Waals surface area (Å²) in [5, 5.41) is 6.31. The van der Waals surface area contributed by atoms with Crippen molar-refractivity contribution >= 4 is 40.9 Å². The lowest BCUT2D eigenvalue weighted by atomic mass is 10.2. The molecule has 1 saturated carbocycles. The van der Waals surface area contributed by atoms with Crippen LogP contribution in [0, 0.1) is 17.7 Å². The fourth-order valence-electron chi connectivity index (χ4n) is 5.69. The van der Waals surface area contributed by atoms with Crippen LogP contribution in [0.25, 0.3) is 0 Å². The van der Waals surface area contributed by atoms with Crippen LogP contribution in [-0.4, -0.2) is 59.6 Å². The van der Waals surface area contributed by atoms with Gasteiger partial charge in [0.05, 0.1) is 5.69 Å². The Balaban J connectivity index is 1.32. The Bertz CT molecular complexity index is 1280. The summed E-state index contributed by atoms with van der Waals surface area (Å²) in [6.07, 6.45) is -1.31. The van der Waals surface area contributed by atoms with Crippen LogP contribution in [0.15, 0.2) is 53.6 Å². The van der Waals surface area contributed by atoms with Crippen molar-refractivity contribution in [3.05, 3.63) is 59.9 Å². The van der Waals surface area contributed by atoms with Crippen LogP contribution in [0.4, 0.5) is 25.4 Å². The van der Waals surface area contributed by atoms with Gasteiger partial charge in [0.25, 0.3) is 0 Å². The lowest BCUT2D eigenvalue weighted by Gasteiger charge is -2.31. The maximum atomic E-state index is 15.4. The molecule has 5 atom stereocenters. The Labute approximate surface area is 227 Å². The van der Waals surface area contributed by atoms with E-state index in [1.165, 1.54) is 6.07 Å². The van der Waals surface area contributed by atoms with E-state index in [0.717, 1.165) is 5.56 Å². The molecule has 2 unspecified atom stereocenters. The van der Waals surface area contributed by atoms with Gasteiger partial charge in [-0.3, -0.25) is 0 Å². The number of carbonyl (C=O) groups excluding carboxylic acids is 2. The number of ether oxygens (including phenoxy) is 2. The summed E-state index contributed by atoms with van der Waals surface area (Å²) in [7, 11) is 0. The smallest absolute Gasteiger partial charge is 0.444 e. The van der Waals surface area contributed by atoms with Crippen molar-refractivity contribution in [1.29, 1.82) is 0 Å². The van der Waals surface area contributed by atoms with Gasteiger partial charge in [-0.15, -0.1) is 0 Å². The van der Waals surface area contributed by atoms with Gasteiger partial charge in [-0.25, -0.2) is 9.18 Å². The van der Waals surface area contributed by atoms with E-state index in [9.17, 15) is 9.59 Å². The highest BCUT2D eigenvalue weighted by Gasteiger charge is 2.60. The van der Waals surface area contributed by atoms with E-state index in [1.54, 1.807) is 19.1 Å². The fourth-order valence-corrected chi connectivity index (χ4v) is 5.83. The van der Waals surface area contributed by atoms with Gasteiger partial charge in [-0.1, -0.05) is 34.9 Å². The number of quaternary nitrogens is 1. The quantitative estimate of drug-likeness (QED) is 0.272. The summed E-state index contributed by atoms with van der Waals surface area (Å²) in [5.41, 5.74) is 1.24. The van der Waals surface area contributed by atoms with Gasteiger partial charge in [-0.2, -0.15) is 4.79 Å². The first-order valence-corrected chi connectivity index (χ1v) is 13.2. The number of thiocarbonyl (C=S) groups is 1. The van der Waals surface area contributed by atoms with Crippen LogP contribution < -0.4 is 9.49 Å². The Morgan fingerprint density at radius 1 is 1.24 bits per heavy atom. The number of isothiocyanates is 1. The molecule has 0 bridgehead atoms. The minimum Gasteiger partial charge on any atom is -0.444 e. The molecule has 2 aromatic rings. The van der Waals surface area contributed by atoms with Crippen LogP contribution in [0.5, 0.6) is 0 Å². The Morgan fingerprint density at radius 2 is 1.92 bits per heavy atom. The summed E-state index contributed by atoms with van der Waals surface area (Å²) >= 11 is 4.76. The highest BCUT2D eigenvalue weighted by atomic mass is 32.1. The Morgan fingerprint density at radius 3 is 2.47 bits per heavy atom. The van der Waals surface area contributed by atoms with Crippen LogP contribution in [0.1, 0.15) is 33.3 Å². The maximum absolute atomic E-state index is 15.4. The number of cyclic esters (lactones) is 1. The highest BCUT2D eigenvalue weighted by Crippen LogP contribution is 2.51. The number of halogens is 1. The van der Waals surface area contributed by atoms with E-state index in [4.69, 9.17) is 21.7 Å². The third kappa shape index (κ3) is 4.91. The number of nitrogens with zero attached hydrogens (tertiary/aromatic N) is 4. The molecule has 2 amide bonds. The average Bonchev–Trinajstić information content (AvgIpc) is 3.16. The lowest BCUT2D eigenvalue weighted by molar-refractivity contribution is 0.0195. The number of rotatable bonds is 6. The average molecular weight is 540 g/mol. The monoisotopic (exact) mass is 539 g/mol. The molecule has 200 valence electrons. The Hall–Kier alpha value is -3.33. The van der Waals surface area contributed by atoms with Crippen molar-refractivity contribution < 1.29 is 23.5 Å². The van der Waals surface area contributed by atoms with E-state index in [0.29, 0.717) is 31.0 Å². The van der Waals surface area contributed by atoms with Gasteiger partial charge in [0.2, 0.25) is 0 Å². The molecule has 2 aromatic carbocycles. The zero-order valence-corrected chi connectivity index (χ0v) is 22.8. The zero-order valence-electron chi connectivity index (χ0n) is 22.0. The standard InChI is InChI=1S/C28H32FN4O4S/c1-18-16-33(30-17-38,27(35)36-18)20-10-11-24(23(29)12-20)31-14-21-22(15-31)25(21)32(26(34)37-28(2,3)4)13-19-8-6-5-7-9-19/h5-12,18,21-22,25H,13-16H2,1-4H3/q+1/t18-,21-,22+,25?,33?/m0/s1. The molecule has 1 aliphatic carbocycles. The Kier molecular flexibility index (Phi) is 6.75. The molecule has 5 rings (SSSR count). The van der Waals surface area contributed by atoms with Crippen molar-refractivity contribution in [3.63, 3.8) is 0 Å². The zero-order chi connectivity index (χ0) is 27.2. The van der Waals surface area contributed by atoms with Gasteiger partial charge < -0.3 is 19.3 Å². The van der Waals surface area contributed by atoms with E-state index in [-0.39, 0.29) is 36.6 Å². The SMILES string of the molecule is C[C@H]1C[N+](N=C=S)(c2ccc(N3C[C@@H]4C(N(Cc5ccccc5)C(=O)OC(C)(C)C)[C@@H]4C3)c(F)c2)C(=O)O1. The highest BCUT2D eigenvalue weighted by molar-refractivity contribution is 7.78. The lowest BCUT2D eigenvalue weighted by Crippen LogP contribution is -2.45. The largest absolute Gasteiger partial charge is 0.550 e. The number of anilines is 1. The summed E-state index contributed by atoms with van der Waals surface area (Å²) in [6, 6.07) is 14.6. The number of benzene rings is 2. The molecule has 0 radical (unpaired) electrons. The summed E-state index contributed by atoms with van der Waals surface area (Å²) in [6.45, 7) is 9.27. The molecule has 0 spiro atoms. The minimum absolute atomic E-state index is 0.0373. The van der Waals surface area contributed by atoms with Crippen molar-refractivity contribution in [2.24, 2.45) is 16.9 Å². The molecule has 0 N–H and O–H groups in total. The number of piperidine rings is 1. The molecule has 2 saturated heterocycles. The second-order valence-corrected chi connectivity index (χ2v) is 11.5. The third-order valence-electron chi connectivity index (χ3n) is 7.37. The number of hydrogen-bond donors (Lipinski definition) is 0. The summed E-state index contributed by atoms with van der Waals surface area (Å²) in [5.74, 6) is -0.00642. The molecular formula is C28H32FN4O4S+. The van der Waals surface area contributed by atoms with E-state index in [2.05, 4.69) is 10.3 Å². The molecule has 38 heavy (non-hydrogen) atoms. The van der Waals surface area contributed by atoms with E-state index >= 15 is 4.39 Å². The molecule has 2 aliphatic heterocycles. The van der Waals surface area contributed by atoms with Crippen LogP contribution in [0.2, 0.25) is 0 Å². The molecule has 8 nitrogen and oxygen atoms in total. The molecule has 10 heteroatoms. The molecule has 0 aromatic heterocycles. The van der Waals surface area contributed by atoms with Gasteiger partial charge in [0, 0.05) is 49.6 Å². The first-order chi connectivity index (χ1) is 18.0. The van der Waals surface area contributed by atoms with Crippen molar-refractivity contribution in [2.45, 2.75) is 52.0 Å². The van der Waals surface area contributed by atoms with Crippen LogP contribution in [0.3, 0.4) is 0 Å². The second-order valence-electron chi connectivity index (χ2n) is 11.3. The van der Waals surface area contributed by atoms with Gasteiger partial charge in [0.1, 0.15) is 10.8 Å².